The van der Waals surface area contributed by atoms with Gasteiger partial charge in [-0.1, -0.05) is 0 Å². The molecule has 1 saturated heterocycles. The fraction of sp³-hybridized carbons (Fsp3) is 1.00. The quantitative estimate of drug-likeness (QED) is 0.560. The van der Waals surface area contributed by atoms with Crippen molar-refractivity contribution in [1.29, 1.82) is 0 Å². The average molecular weight is 280 g/mol. The smallest absolute Gasteiger partial charge is 0.211 e. The summed E-state index contributed by atoms with van der Waals surface area (Å²) >= 11 is 0. The van der Waals surface area contributed by atoms with Gasteiger partial charge in [0.2, 0.25) is 10.0 Å². The minimum atomic E-state index is -3.16. The third-order valence-corrected chi connectivity index (χ3v) is 4.47. The molecular weight excluding hydrogens is 256 g/mol. The largest absolute Gasteiger partial charge is 0.382 e. The van der Waals surface area contributed by atoms with Gasteiger partial charge >= 0.3 is 0 Å². The first-order chi connectivity index (χ1) is 8.64. The maximum absolute atomic E-state index is 11.8. The molecule has 0 unspecified atom stereocenters. The lowest BCUT2D eigenvalue weighted by atomic mass is 10.0. The molecule has 0 amide bonds. The lowest BCUT2D eigenvalue weighted by molar-refractivity contribution is 0.0736. The Hall–Kier alpha value is -0.210. The molecule has 0 radical (unpaired) electrons. The summed E-state index contributed by atoms with van der Waals surface area (Å²) in [5.41, 5.74) is 0. The van der Waals surface area contributed by atoms with Gasteiger partial charge in [0, 0.05) is 13.7 Å². The molecule has 0 aromatic rings. The zero-order valence-corrected chi connectivity index (χ0v) is 11.8. The second-order valence-electron chi connectivity index (χ2n) is 4.47. The van der Waals surface area contributed by atoms with Crippen LogP contribution >= 0.6 is 0 Å². The lowest BCUT2D eigenvalue weighted by Crippen LogP contribution is -2.36. The lowest BCUT2D eigenvalue weighted by Gasteiger charge is -2.22. The van der Waals surface area contributed by atoms with Gasteiger partial charge in [-0.15, -0.1) is 0 Å². The summed E-state index contributed by atoms with van der Waals surface area (Å²) in [6.07, 6.45) is 1.87. The van der Waals surface area contributed by atoms with Crippen molar-refractivity contribution in [2.45, 2.75) is 12.8 Å². The van der Waals surface area contributed by atoms with E-state index in [1.807, 2.05) is 0 Å². The first kappa shape index (κ1) is 15.8. The number of sulfonamides is 1. The van der Waals surface area contributed by atoms with E-state index in [1.54, 1.807) is 7.11 Å². The van der Waals surface area contributed by atoms with Gasteiger partial charge in [0.25, 0.3) is 0 Å². The zero-order chi connectivity index (χ0) is 13.3. The molecule has 1 fully saturated rings. The van der Waals surface area contributed by atoms with Gasteiger partial charge in [0.05, 0.1) is 25.6 Å². The normalized spacial score (nSPS) is 18.1. The predicted octanol–water partition coefficient (Wildman–Crippen LogP) is -0.432. The number of piperidine rings is 1. The van der Waals surface area contributed by atoms with Crippen LogP contribution in [0.3, 0.4) is 0 Å². The fourth-order valence-electron chi connectivity index (χ4n) is 1.93. The van der Waals surface area contributed by atoms with Crippen molar-refractivity contribution < 1.29 is 17.9 Å². The van der Waals surface area contributed by atoms with Crippen molar-refractivity contribution in [2.24, 2.45) is 5.92 Å². The molecule has 0 atom stereocenters. The van der Waals surface area contributed by atoms with Crippen molar-refractivity contribution >= 4 is 10.0 Å². The maximum Gasteiger partial charge on any atom is 0.211 e. The number of ether oxygens (including phenoxy) is 2. The van der Waals surface area contributed by atoms with Crippen molar-refractivity contribution in [3.05, 3.63) is 0 Å². The summed E-state index contributed by atoms with van der Waals surface area (Å²) < 4.78 is 36.1. The first-order valence-corrected chi connectivity index (χ1v) is 8.04. The third-order valence-electron chi connectivity index (χ3n) is 2.91. The maximum atomic E-state index is 11.8. The van der Waals surface area contributed by atoms with E-state index < -0.39 is 10.0 Å². The highest BCUT2D eigenvalue weighted by atomic mass is 32.2. The van der Waals surface area contributed by atoms with E-state index >= 15 is 0 Å². The molecule has 0 spiro atoms. The summed E-state index contributed by atoms with van der Waals surface area (Å²) in [6, 6.07) is 0. The Morgan fingerprint density at radius 2 is 1.94 bits per heavy atom. The van der Waals surface area contributed by atoms with Crippen LogP contribution in [0, 0.1) is 5.92 Å². The summed E-state index contributed by atoms with van der Waals surface area (Å²) in [5.74, 6) is 0.505. The molecule has 0 aromatic carbocycles. The van der Waals surface area contributed by atoms with E-state index in [-0.39, 0.29) is 11.7 Å². The van der Waals surface area contributed by atoms with E-state index in [9.17, 15) is 8.42 Å². The molecule has 1 rings (SSSR count). The van der Waals surface area contributed by atoms with Gasteiger partial charge in [-0.25, -0.2) is 13.1 Å². The van der Waals surface area contributed by atoms with Crippen LogP contribution in [0.1, 0.15) is 12.8 Å². The molecule has 1 aliphatic rings. The Morgan fingerprint density at radius 3 is 2.61 bits per heavy atom. The van der Waals surface area contributed by atoms with Gasteiger partial charge in [-0.3, -0.25) is 0 Å². The van der Waals surface area contributed by atoms with Crippen molar-refractivity contribution in [2.75, 3.05) is 52.3 Å². The molecule has 18 heavy (non-hydrogen) atoms. The summed E-state index contributed by atoms with van der Waals surface area (Å²) in [6.45, 7) is 3.57. The van der Waals surface area contributed by atoms with Gasteiger partial charge in [0.1, 0.15) is 0 Å². The Morgan fingerprint density at radius 1 is 1.22 bits per heavy atom. The minimum Gasteiger partial charge on any atom is -0.382 e. The standard InChI is InChI=1S/C11H24N2O4S/c1-16-8-9-17-7-6-13-18(14,15)10-11-2-4-12-5-3-11/h11-13H,2-10H2,1H3. The Labute approximate surface area is 109 Å². The molecule has 0 saturated carbocycles. The summed E-state index contributed by atoms with van der Waals surface area (Å²) in [7, 11) is -1.56. The molecule has 2 N–H and O–H groups in total. The Balaban J connectivity index is 2.11. The topological polar surface area (TPSA) is 76.7 Å². The van der Waals surface area contributed by atoms with E-state index in [4.69, 9.17) is 9.47 Å². The molecule has 1 heterocycles. The summed E-state index contributed by atoms with van der Waals surface area (Å²) in [5, 5.41) is 3.23. The molecule has 108 valence electrons. The van der Waals surface area contributed by atoms with Gasteiger partial charge < -0.3 is 14.8 Å². The predicted molar refractivity (Wildman–Crippen MR) is 70.1 cm³/mol. The van der Waals surface area contributed by atoms with E-state index in [1.165, 1.54) is 0 Å². The second kappa shape index (κ2) is 8.82. The number of hydrogen-bond donors (Lipinski definition) is 2. The highest BCUT2D eigenvalue weighted by Gasteiger charge is 2.20. The van der Waals surface area contributed by atoms with Crippen LogP contribution in [0.15, 0.2) is 0 Å². The Bertz CT molecular complexity index is 302. The van der Waals surface area contributed by atoms with Gasteiger partial charge in [0.15, 0.2) is 0 Å². The molecule has 0 bridgehead atoms. The van der Waals surface area contributed by atoms with Crippen LogP contribution in [0.25, 0.3) is 0 Å². The van der Waals surface area contributed by atoms with Crippen LogP contribution in [-0.4, -0.2) is 60.7 Å². The molecule has 0 aliphatic carbocycles. The van der Waals surface area contributed by atoms with Gasteiger partial charge in [-0.2, -0.15) is 0 Å². The minimum absolute atomic E-state index is 0.229. The van der Waals surface area contributed by atoms with Crippen LogP contribution in [0.5, 0.6) is 0 Å². The summed E-state index contributed by atoms with van der Waals surface area (Å²) in [4.78, 5) is 0. The van der Waals surface area contributed by atoms with Crippen LogP contribution < -0.4 is 10.0 Å². The number of hydrogen-bond acceptors (Lipinski definition) is 5. The van der Waals surface area contributed by atoms with Crippen LogP contribution in [0.4, 0.5) is 0 Å². The van der Waals surface area contributed by atoms with Gasteiger partial charge in [-0.05, 0) is 31.8 Å². The zero-order valence-electron chi connectivity index (χ0n) is 11.0. The number of methoxy groups -OCH3 is 1. The molecule has 6 nitrogen and oxygen atoms in total. The SMILES string of the molecule is COCCOCCNS(=O)(=O)CC1CCNCC1. The first-order valence-electron chi connectivity index (χ1n) is 6.39. The van der Waals surface area contributed by atoms with Crippen LogP contribution in [0.2, 0.25) is 0 Å². The molecule has 7 heteroatoms. The monoisotopic (exact) mass is 280 g/mol. The van der Waals surface area contributed by atoms with Crippen molar-refractivity contribution in [1.82, 2.24) is 10.0 Å². The van der Waals surface area contributed by atoms with Crippen molar-refractivity contribution in [3.63, 3.8) is 0 Å². The molecule has 0 aromatic heterocycles. The van der Waals surface area contributed by atoms with Crippen LogP contribution in [-0.2, 0) is 19.5 Å². The Kier molecular flexibility index (Phi) is 7.76. The fourth-order valence-corrected chi connectivity index (χ4v) is 3.40. The molecule has 1 aliphatic heterocycles. The highest BCUT2D eigenvalue weighted by Crippen LogP contribution is 2.13. The van der Waals surface area contributed by atoms with E-state index in [0.29, 0.717) is 26.4 Å². The average Bonchev–Trinajstić information content (AvgIpc) is 2.34. The van der Waals surface area contributed by atoms with E-state index in [0.717, 1.165) is 25.9 Å². The van der Waals surface area contributed by atoms with E-state index in [2.05, 4.69) is 10.0 Å². The number of rotatable bonds is 9. The van der Waals surface area contributed by atoms with Crippen molar-refractivity contribution in [3.8, 4) is 0 Å². The third kappa shape index (κ3) is 7.27. The second-order valence-corrected chi connectivity index (χ2v) is 6.33. The molecular formula is C11H24N2O4S. The number of nitrogens with one attached hydrogen (secondary N) is 2. The highest BCUT2D eigenvalue weighted by molar-refractivity contribution is 7.89.